The number of imidazole rings is 1. The Labute approximate surface area is 113 Å². The first-order valence-electron chi connectivity index (χ1n) is 5.57. The first-order chi connectivity index (χ1) is 8.30. The van der Waals surface area contributed by atoms with Gasteiger partial charge in [-0.1, -0.05) is 20.8 Å². The van der Waals surface area contributed by atoms with Crippen LogP contribution in [0.1, 0.15) is 26.5 Å². The maximum atomic E-state index is 11.9. The summed E-state index contributed by atoms with van der Waals surface area (Å²) in [7, 11) is 1.86. The second-order valence-electron chi connectivity index (χ2n) is 5.22. The molecule has 0 aliphatic carbocycles. The van der Waals surface area contributed by atoms with Gasteiger partial charge in [-0.05, 0) is 15.9 Å². The molecule has 6 heteroatoms. The minimum atomic E-state index is -0.208. The van der Waals surface area contributed by atoms with E-state index in [4.69, 9.17) is 0 Å². The smallest absolute Gasteiger partial charge is 0.265 e. The van der Waals surface area contributed by atoms with Crippen LogP contribution in [0.5, 0.6) is 0 Å². The highest BCUT2D eigenvalue weighted by Gasteiger charge is 2.22. The van der Waals surface area contributed by atoms with E-state index in [2.05, 4.69) is 30.9 Å². The Balaban J connectivity index is 2.70. The van der Waals surface area contributed by atoms with E-state index in [-0.39, 0.29) is 11.0 Å². The molecule has 0 amide bonds. The molecule has 5 nitrogen and oxygen atoms in total. The van der Waals surface area contributed by atoms with Gasteiger partial charge in [0.05, 0.1) is 18.2 Å². The number of hydrogen-bond acceptors (Lipinski definition) is 3. The number of aromatic nitrogens is 4. The van der Waals surface area contributed by atoms with Crippen LogP contribution in [0.4, 0.5) is 0 Å². The molecule has 0 spiro atoms. The van der Waals surface area contributed by atoms with Gasteiger partial charge in [-0.2, -0.15) is 0 Å². The second kappa shape index (κ2) is 4.35. The lowest BCUT2D eigenvalue weighted by molar-refractivity contribution is 0.562. The van der Waals surface area contributed by atoms with Crippen molar-refractivity contribution in [2.45, 2.75) is 26.2 Å². The van der Waals surface area contributed by atoms with Gasteiger partial charge in [0.15, 0.2) is 5.82 Å². The van der Waals surface area contributed by atoms with Crippen LogP contribution in [0.15, 0.2) is 21.8 Å². The summed E-state index contributed by atoms with van der Waals surface area (Å²) in [6.45, 7) is 6.06. The zero-order valence-electron chi connectivity index (χ0n) is 10.8. The third-order valence-corrected chi connectivity index (χ3v) is 3.37. The number of aromatic amines is 1. The Morgan fingerprint density at radius 1 is 1.39 bits per heavy atom. The van der Waals surface area contributed by atoms with Crippen LogP contribution in [-0.2, 0) is 12.5 Å². The molecule has 0 saturated heterocycles. The van der Waals surface area contributed by atoms with Crippen LogP contribution in [-0.4, -0.2) is 19.5 Å². The number of rotatable bonds is 1. The summed E-state index contributed by atoms with van der Waals surface area (Å²) < 4.78 is 2.31. The topological polar surface area (TPSA) is 63.6 Å². The van der Waals surface area contributed by atoms with E-state index in [1.54, 1.807) is 12.5 Å². The first-order valence-corrected chi connectivity index (χ1v) is 6.37. The molecule has 0 unspecified atom stereocenters. The molecule has 18 heavy (non-hydrogen) atoms. The van der Waals surface area contributed by atoms with Crippen molar-refractivity contribution in [2.24, 2.45) is 7.05 Å². The van der Waals surface area contributed by atoms with E-state index in [9.17, 15) is 4.79 Å². The van der Waals surface area contributed by atoms with Gasteiger partial charge in [-0.3, -0.25) is 4.79 Å². The highest BCUT2D eigenvalue weighted by molar-refractivity contribution is 9.10. The minimum absolute atomic E-state index is 0.175. The van der Waals surface area contributed by atoms with Gasteiger partial charge in [0.1, 0.15) is 10.2 Å². The van der Waals surface area contributed by atoms with Gasteiger partial charge in [-0.15, -0.1) is 0 Å². The molecule has 0 aliphatic rings. The molecular formula is C12H15BrN4O. The molecule has 0 radical (unpaired) electrons. The van der Waals surface area contributed by atoms with E-state index in [0.29, 0.717) is 10.3 Å². The predicted molar refractivity (Wildman–Crippen MR) is 73.5 cm³/mol. The molecule has 0 aliphatic heterocycles. The van der Waals surface area contributed by atoms with Crippen molar-refractivity contribution >= 4 is 15.9 Å². The molecule has 2 aromatic heterocycles. The molecule has 2 heterocycles. The number of aryl methyl sites for hydroxylation is 1. The van der Waals surface area contributed by atoms with E-state index in [1.165, 1.54) is 0 Å². The molecule has 0 fully saturated rings. The summed E-state index contributed by atoms with van der Waals surface area (Å²) in [5.74, 6) is 0.535. The number of nitrogens with one attached hydrogen (secondary N) is 1. The van der Waals surface area contributed by atoms with Gasteiger partial charge in [-0.25, -0.2) is 9.97 Å². The summed E-state index contributed by atoms with van der Waals surface area (Å²) in [4.78, 5) is 23.3. The first kappa shape index (κ1) is 13.0. The van der Waals surface area contributed by atoms with Crippen LogP contribution in [0.25, 0.3) is 11.5 Å². The summed E-state index contributed by atoms with van der Waals surface area (Å²) in [6, 6.07) is 0. The zero-order valence-corrected chi connectivity index (χ0v) is 12.4. The monoisotopic (exact) mass is 310 g/mol. The van der Waals surface area contributed by atoms with Crippen LogP contribution in [0.3, 0.4) is 0 Å². The van der Waals surface area contributed by atoms with Crippen LogP contribution in [0, 0.1) is 0 Å². The third-order valence-electron chi connectivity index (χ3n) is 2.63. The Morgan fingerprint density at radius 2 is 2.06 bits per heavy atom. The maximum Gasteiger partial charge on any atom is 0.265 e. The van der Waals surface area contributed by atoms with Crippen LogP contribution < -0.4 is 5.56 Å². The summed E-state index contributed by atoms with van der Waals surface area (Å²) >= 11 is 3.30. The molecule has 2 rings (SSSR count). The molecule has 0 saturated carbocycles. The van der Waals surface area contributed by atoms with Crippen LogP contribution >= 0.6 is 15.9 Å². The maximum absolute atomic E-state index is 11.9. The summed E-state index contributed by atoms with van der Waals surface area (Å²) in [6.07, 6.45) is 3.35. The van der Waals surface area contributed by atoms with Gasteiger partial charge < -0.3 is 9.55 Å². The summed E-state index contributed by atoms with van der Waals surface area (Å²) in [5.41, 5.74) is 1.14. The number of nitrogens with zero attached hydrogens (tertiary/aromatic N) is 3. The Hall–Kier alpha value is -1.43. The molecule has 2 aromatic rings. The average molecular weight is 311 g/mol. The van der Waals surface area contributed by atoms with Crippen molar-refractivity contribution in [1.82, 2.24) is 19.5 Å². The minimum Gasteiger partial charge on any atom is -0.331 e. The van der Waals surface area contributed by atoms with Crippen molar-refractivity contribution < 1.29 is 0 Å². The van der Waals surface area contributed by atoms with Gasteiger partial charge in [0.2, 0.25) is 0 Å². The van der Waals surface area contributed by atoms with Gasteiger partial charge in [0.25, 0.3) is 5.56 Å². The highest BCUT2D eigenvalue weighted by atomic mass is 79.9. The number of hydrogen-bond donors (Lipinski definition) is 1. The fourth-order valence-corrected chi connectivity index (χ4v) is 2.44. The molecule has 96 valence electrons. The number of H-pyrrole nitrogens is 1. The second-order valence-corrected chi connectivity index (χ2v) is 6.01. The van der Waals surface area contributed by atoms with Gasteiger partial charge >= 0.3 is 0 Å². The van der Waals surface area contributed by atoms with Crippen molar-refractivity contribution in [3.8, 4) is 11.5 Å². The largest absolute Gasteiger partial charge is 0.331 e. The molecule has 1 N–H and O–H groups in total. The van der Waals surface area contributed by atoms with Crippen molar-refractivity contribution in [2.75, 3.05) is 0 Å². The molecule has 0 bridgehead atoms. The van der Waals surface area contributed by atoms with E-state index >= 15 is 0 Å². The quantitative estimate of drug-likeness (QED) is 0.878. The molecule has 0 atom stereocenters. The standard InChI is InChI=1S/C12H15BrN4O/c1-12(2,3)9-8(13)11(18)16-10(15-9)7-5-14-6-17(7)4/h5-6H,1-4H3,(H,15,16,18). The number of halogens is 1. The highest BCUT2D eigenvalue weighted by Crippen LogP contribution is 2.26. The lowest BCUT2D eigenvalue weighted by Gasteiger charge is -2.19. The normalized spacial score (nSPS) is 11.8. The lowest BCUT2D eigenvalue weighted by atomic mass is 9.92. The zero-order chi connectivity index (χ0) is 13.5. The van der Waals surface area contributed by atoms with Crippen molar-refractivity contribution in [3.63, 3.8) is 0 Å². The lowest BCUT2D eigenvalue weighted by Crippen LogP contribution is -2.22. The van der Waals surface area contributed by atoms with Crippen molar-refractivity contribution in [1.29, 1.82) is 0 Å². The molecular weight excluding hydrogens is 296 g/mol. The summed E-state index contributed by atoms with van der Waals surface area (Å²) in [5, 5.41) is 0. The van der Waals surface area contributed by atoms with E-state index < -0.39 is 0 Å². The Kier molecular flexibility index (Phi) is 3.14. The fourth-order valence-electron chi connectivity index (χ4n) is 1.66. The van der Waals surface area contributed by atoms with Crippen LogP contribution in [0.2, 0.25) is 0 Å². The van der Waals surface area contributed by atoms with Gasteiger partial charge in [0, 0.05) is 12.5 Å². The Bertz CT molecular complexity index is 636. The third kappa shape index (κ3) is 2.25. The average Bonchev–Trinajstić information content (AvgIpc) is 2.66. The SMILES string of the molecule is Cn1cncc1-c1nc(C(C)(C)C)c(Br)c(=O)[nH]1. The fraction of sp³-hybridized carbons (Fsp3) is 0.417. The predicted octanol–water partition coefficient (Wildman–Crippen LogP) is 2.23. The van der Waals surface area contributed by atoms with E-state index in [1.807, 2.05) is 32.4 Å². The van der Waals surface area contributed by atoms with E-state index in [0.717, 1.165) is 11.4 Å². The van der Waals surface area contributed by atoms with Crippen molar-refractivity contribution in [3.05, 3.63) is 33.0 Å². The Morgan fingerprint density at radius 3 is 2.56 bits per heavy atom. The molecule has 0 aromatic carbocycles.